The topological polar surface area (TPSA) is 55.0 Å². The van der Waals surface area contributed by atoms with Gasteiger partial charge in [-0.1, -0.05) is 18.3 Å². The van der Waals surface area contributed by atoms with Gasteiger partial charge in [0.1, 0.15) is 5.51 Å². The molecule has 2 rings (SSSR count). The molecule has 13 heavy (non-hydrogen) atoms. The normalized spacial score (nSPS) is 28.3. The van der Waals surface area contributed by atoms with Crippen LogP contribution >= 0.6 is 11.3 Å². The second-order valence-electron chi connectivity index (χ2n) is 3.48. The van der Waals surface area contributed by atoms with Crippen molar-refractivity contribution in [1.82, 2.24) is 10.2 Å². The van der Waals surface area contributed by atoms with E-state index < -0.39 is 0 Å². The molecule has 2 unspecified atom stereocenters. The maximum Gasteiger partial charge on any atom is 0.208 e. The molecule has 0 saturated carbocycles. The average Bonchev–Trinajstić information content (AvgIpc) is 2.71. The van der Waals surface area contributed by atoms with Gasteiger partial charge in [0.2, 0.25) is 5.13 Å². The number of nitrogens with two attached hydrogens (primary N) is 1. The monoisotopic (exact) mass is 198 g/mol. The van der Waals surface area contributed by atoms with Gasteiger partial charge in [-0.3, -0.25) is 0 Å². The minimum absolute atomic E-state index is 0.452. The Morgan fingerprint density at radius 2 is 2.62 bits per heavy atom. The molecule has 0 aromatic carbocycles. The Bertz CT molecular complexity index is 261. The molecule has 1 aliphatic heterocycles. The molecule has 0 bridgehead atoms. The predicted octanol–water partition coefficient (Wildman–Crippen LogP) is 0.712. The molecule has 1 fully saturated rings. The van der Waals surface area contributed by atoms with Gasteiger partial charge in [0.05, 0.1) is 0 Å². The minimum Gasteiger partial charge on any atom is -0.342 e. The summed E-state index contributed by atoms with van der Waals surface area (Å²) in [6.07, 6.45) is 1.21. The lowest BCUT2D eigenvalue weighted by Crippen LogP contribution is -2.38. The summed E-state index contributed by atoms with van der Waals surface area (Å²) in [5.41, 5.74) is 7.51. The largest absolute Gasteiger partial charge is 0.342 e. The highest BCUT2D eigenvalue weighted by Crippen LogP contribution is 2.29. The van der Waals surface area contributed by atoms with Crippen LogP contribution < -0.4 is 10.6 Å². The molecule has 0 spiro atoms. The van der Waals surface area contributed by atoms with Crippen LogP contribution in [0.1, 0.15) is 13.3 Å². The molecule has 1 saturated heterocycles. The molecule has 1 aromatic heterocycles. The van der Waals surface area contributed by atoms with E-state index in [4.69, 9.17) is 5.73 Å². The molecule has 2 atom stereocenters. The molecular formula is C8H14N4S. The lowest BCUT2D eigenvalue weighted by atomic mass is 10.0. The summed E-state index contributed by atoms with van der Waals surface area (Å²) >= 11 is 1.59. The fraction of sp³-hybridized carbons (Fsp3) is 0.750. The van der Waals surface area contributed by atoms with E-state index in [9.17, 15) is 0 Å². The standard InChI is InChI=1S/C8H14N4S/c1-6-2-3-12(7(6)4-9)8-11-10-5-13-8/h5-7H,2-4,9H2,1H3. The number of nitrogens with zero attached hydrogens (tertiary/aromatic N) is 3. The smallest absolute Gasteiger partial charge is 0.208 e. The number of hydrogen-bond acceptors (Lipinski definition) is 5. The summed E-state index contributed by atoms with van der Waals surface area (Å²) in [7, 11) is 0. The van der Waals surface area contributed by atoms with Crippen LogP contribution in [0.25, 0.3) is 0 Å². The van der Waals surface area contributed by atoms with Gasteiger partial charge in [-0.2, -0.15) is 0 Å². The maximum absolute atomic E-state index is 5.74. The zero-order chi connectivity index (χ0) is 9.26. The van der Waals surface area contributed by atoms with Crippen LogP contribution in [0.5, 0.6) is 0 Å². The third-order valence-electron chi connectivity index (χ3n) is 2.72. The van der Waals surface area contributed by atoms with Gasteiger partial charge >= 0.3 is 0 Å². The van der Waals surface area contributed by atoms with Crippen LogP contribution in [0, 0.1) is 5.92 Å². The fourth-order valence-corrected chi connectivity index (χ4v) is 2.54. The Labute approximate surface area is 81.8 Å². The van der Waals surface area contributed by atoms with E-state index in [2.05, 4.69) is 22.0 Å². The molecule has 72 valence electrons. The maximum atomic E-state index is 5.74. The quantitative estimate of drug-likeness (QED) is 0.760. The lowest BCUT2D eigenvalue weighted by Gasteiger charge is -2.24. The van der Waals surface area contributed by atoms with Crippen molar-refractivity contribution in [2.45, 2.75) is 19.4 Å². The van der Waals surface area contributed by atoms with Gasteiger partial charge < -0.3 is 10.6 Å². The van der Waals surface area contributed by atoms with Gasteiger partial charge in [-0.15, -0.1) is 10.2 Å². The van der Waals surface area contributed by atoms with Crippen molar-refractivity contribution in [2.75, 3.05) is 18.0 Å². The van der Waals surface area contributed by atoms with Crippen molar-refractivity contribution in [2.24, 2.45) is 11.7 Å². The van der Waals surface area contributed by atoms with Crippen LogP contribution in [-0.2, 0) is 0 Å². The molecule has 0 amide bonds. The molecule has 5 heteroatoms. The summed E-state index contributed by atoms with van der Waals surface area (Å²) in [5, 5.41) is 8.93. The number of aromatic nitrogens is 2. The first-order chi connectivity index (χ1) is 6.33. The molecule has 2 heterocycles. The molecule has 2 N–H and O–H groups in total. The van der Waals surface area contributed by atoms with Gasteiger partial charge in [0.15, 0.2) is 0 Å². The van der Waals surface area contributed by atoms with Crippen molar-refractivity contribution in [1.29, 1.82) is 0 Å². The average molecular weight is 198 g/mol. The Morgan fingerprint density at radius 1 is 1.77 bits per heavy atom. The third-order valence-corrected chi connectivity index (χ3v) is 3.44. The van der Waals surface area contributed by atoms with Crippen LogP contribution in [0.2, 0.25) is 0 Å². The fourth-order valence-electron chi connectivity index (χ4n) is 1.90. The van der Waals surface area contributed by atoms with Crippen LogP contribution in [0.15, 0.2) is 5.51 Å². The van der Waals surface area contributed by atoms with E-state index in [0.29, 0.717) is 18.5 Å². The van der Waals surface area contributed by atoms with Gasteiger partial charge in [-0.25, -0.2) is 0 Å². The minimum atomic E-state index is 0.452. The third kappa shape index (κ3) is 1.53. The molecular weight excluding hydrogens is 184 g/mol. The highest BCUT2D eigenvalue weighted by molar-refractivity contribution is 7.13. The zero-order valence-electron chi connectivity index (χ0n) is 7.68. The lowest BCUT2D eigenvalue weighted by molar-refractivity contribution is 0.518. The van der Waals surface area contributed by atoms with E-state index in [0.717, 1.165) is 11.7 Å². The summed E-state index contributed by atoms with van der Waals surface area (Å²) < 4.78 is 0. The van der Waals surface area contributed by atoms with Crippen LogP contribution in [-0.4, -0.2) is 29.3 Å². The van der Waals surface area contributed by atoms with E-state index in [1.54, 1.807) is 16.8 Å². The predicted molar refractivity (Wildman–Crippen MR) is 53.9 cm³/mol. The molecule has 1 aromatic rings. The SMILES string of the molecule is CC1CCN(c2nncs2)C1CN. The number of rotatable bonds is 2. The molecule has 0 aliphatic carbocycles. The summed E-state index contributed by atoms with van der Waals surface area (Å²) in [6, 6.07) is 0.452. The first-order valence-electron chi connectivity index (χ1n) is 4.56. The highest BCUT2D eigenvalue weighted by atomic mass is 32.1. The van der Waals surface area contributed by atoms with E-state index in [1.807, 2.05) is 0 Å². The van der Waals surface area contributed by atoms with Gasteiger partial charge in [0.25, 0.3) is 0 Å². The molecule has 0 radical (unpaired) electrons. The van der Waals surface area contributed by atoms with E-state index >= 15 is 0 Å². The Balaban J connectivity index is 2.16. The van der Waals surface area contributed by atoms with Crippen LogP contribution in [0.4, 0.5) is 5.13 Å². The van der Waals surface area contributed by atoms with Crippen molar-refractivity contribution >= 4 is 16.5 Å². The first-order valence-corrected chi connectivity index (χ1v) is 5.43. The summed E-state index contributed by atoms with van der Waals surface area (Å²) in [6.45, 7) is 4.03. The van der Waals surface area contributed by atoms with Crippen LogP contribution in [0.3, 0.4) is 0 Å². The zero-order valence-corrected chi connectivity index (χ0v) is 8.50. The second kappa shape index (κ2) is 3.59. The molecule has 1 aliphatic rings. The van der Waals surface area contributed by atoms with Crippen molar-refractivity contribution < 1.29 is 0 Å². The molecule has 4 nitrogen and oxygen atoms in total. The van der Waals surface area contributed by atoms with E-state index in [1.165, 1.54) is 6.42 Å². The summed E-state index contributed by atoms with van der Waals surface area (Å²) in [5.74, 6) is 0.675. The number of anilines is 1. The van der Waals surface area contributed by atoms with Gasteiger partial charge in [0, 0.05) is 19.1 Å². The van der Waals surface area contributed by atoms with Gasteiger partial charge in [-0.05, 0) is 12.3 Å². The second-order valence-corrected chi connectivity index (χ2v) is 4.30. The highest BCUT2D eigenvalue weighted by Gasteiger charge is 2.31. The van der Waals surface area contributed by atoms with Crippen molar-refractivity contribution in [3.63, 3.8) is 0 Å². The Morgan fingerprint density at radius 3 is 3.23 bits per heavy atom. The van der Waals surface area contributed by atoms with Crippen molar-refractivity contribution in [3.05, 3.63) is 5.51 Å². The van der Waals surface area contributed by atoms with Crippen molar-refractivity contribution in [3.8, 4) is 0 Å². The number of hydrogen-bond donors (Lipinski definition) is 1. The first kappa shape index (κ1) is 8.90. The van der Waals surface area contributed by atoms with E-state index in [-0.39, 0.29) is 0 Å². The Hall–Kier alpha value is -0.680. The Kier molecular flexibility index (Phi) is 2.46. The summed E-state index contributed by atoms with van der Waals surface area (Å²) in [4.78, 5) is 2.28.